The molecular formula is C37H44FN3O5. The summed E-state index contributed by atoms with van der Waals surface area (Å²) in [5.41, 5.74) is 1.78. The lowest BCUT2D eigenvalue weighted by Gasteiger charge is -2.35. The fraction of sp³-hybridized carbons (Fsp3) is 0.486. The SMILES string of the molecule is CCOC(=O)CC(c1ccnc(OCC2CCN(c3cc(OC)ccc3C(=O)N(CC3(F)CC3)c3ccccc3)CC2)c1)C1CC1. The number of carbonyl (C=O) groups excluding carboxylic acids is 2. The first-order valence-electron chi connectivity index (χ1n) is 16.6. The zero-order chi connectivity index (χ0) is 32.1. The second-order valence-corrected chi connectivity index (χ2v) is 12.9. The number of para-hydroxylation sites is 1. The van der Waals surface area contributed by atoms with Crippen LogP contribution in [-0.2, 0) is 9.53 Å². The average molecular weight is 630 g/mol. The Bertz CT molecular complexity index is 1500. The van der Waals surface area contributed by atoms with Gasteiger partial charge in [-0.25, -0.2) is 9.37 Å². The molecule has 3 fully saturated rings. The van der Waals surface area contributed by atoms with E-state index in [1.165, 1.54) is 0 Å². The van der Waals surface area contributed by atoms with Gasteiger partial charge in [0.2, 0.25) is 5.88 Å². The van der Waals surface area contributed by atoms with Crippen molar-refractivity contribution < 1.29 is 28.2 Å². The van der Waals surface area contributed by atoms with Crippen molar-refractivity contribution in [2.45, 2.75) is 63.5 Å². The van der Waals surface area contributed by atoms with Crippen molar-refractivity contribution in [1.29, 1.82) is 0 Å². The molecule has 2 aliphatic carbocycles. The Kier molecular flexibility index (Phi) is 9.75. The van der Waals surface area contributed by atoms with Gasteiger partial charge in [-0.3, -0.25) is 9.59 Å². The standard InChI is InChI=1S/C37H44FN3O5/c1-3-45-35(42)23-32(27-9-10-27)28-13-18-39-34(21-28)46-24-26-14-19-40(20-15-26)33-22-30(44-2)11-12-31(33)36(43)41(25-37(38)16-17-37)29-7-5-4-6-8-29/h4-8,11-13,18,21-22,26-27,32H,3,9-10,14-17,19-20,23-25H2,1-2H3. The molecule has 0 bridgehead atoms. The van der Waals surface area contributed by atoms with Crippen LogP contribution in [0, 0.1) is 11.8 Å². The molecule has 3 aliphatic rings. The first-order chi connectivity index (χ1) is 22.4. The van der Waals surface area contributed by atoms with E-state index in [0.29, 0.717) is 67.2 Å². The van der Waals surface area contributed by atoms with Gasteiger partial charge >= 0.3 is 5.97 Å². The molecule has 1 aliphatic heterocycles. The number of pyridine rings is 1. The first-order valence-corrected chi connectivity index (χ1v) is 16.6. The Morgan fingerprint density at radius 2 is 1.80 bits per heavy atom. The summed E-state index contributed by atoms with van der Waals surface area (Å²) in [6.45, 7) is 4.30. The number of nitrogens with zero attached hydrogens (tertiary/aromatic N) is 3. The molecule has 2 saturated carbocycles. The molecule has 3 aromatic rings. The summed E-state index contributed by atoms with van der Waals surface area (Å²) in [5, 5.41) is 0. The number of anilines is 2. The molecule has 1 aromatic heterocycles. The second kappa shape index (κ2) is 14.1. The van der Waals surface area contributed by atoms with Crippen molar-refractivity contribution in [3.05, 3.63) is 78.0 Å². The third-order valence-corrected chi connectivity index (χ3v) is 9.47. The highest BCUT2D eigenvalue weighted by Crippen LogP contribution is 2.45. The van der Waals surface area contributed by atoms with Crippen molar-refractivity contribution in [2.75, 3.05) is 49.8 Å². The zero-order valence-corrected chi connectivity index (χ0v) is 26.8. The Morgan fingerprint density at radius 3 is 2.48 bits per heavy atom. The molecule has 6 rings (SSSR count). The summed E-state index contributed by atoms with van der Waals surface area (Å²) < 4.78 is 32.0. The predicted octanol–water partition coefficient (Wildman–Crippen LogP) is 6.98. The second-order valence-electron chi connectivity index (χ2n) is 12.9. The lowest BCUT2D eigenvalue weighted by molar-refractivity contribution is -0.143. The van der Waals surface area contributed by atoms with Gasteiger partial charge in [0.15, 0.2) is 0 Å². The van der Waals surface area contributed by atoms with E-state index in [1.54, 1.807) is 30.3 Å². The molecule has 0 radical (unpaired) electrons. The molecule has 1 saturated heterocycles. The van der Waals surface area contributed by atoms with Gasteiger partial charge in [0, 0.05) is 37.1 Å². The zero-order valence-electron chi connectivity index (χ0n) is 26.8. The molecule has 1 atom stereocenters. The third-order valence-electron chi connectivity index (χ3n) is 9.47. The number of alkyl halides is 1. The Balaban J connectivity index is 1.11. The number of amides is 1. The quantitative estimate of drug-likeness (QED) is 0.178. The largest absolute Gasteiger partial charge is 0.497 e. The highest BCUT2D eigenvalue weighted by molar-refractivity contribution is 6.10. The lowest BCUT2D eigenvalue weighted by Crippen LogP contribution is -2.40. The van der Waals surface area contributed by atoms with Gasteiger partial charge < -0.3 is 24.0 Å². The number of carbonyl (C=O) groups is 2. The smallest absolute Gasteiger partial charge is 0.306 e. The predicted molar refractivity (Wildman–Crippen MR) is 176 cm³/mol. The van der Waals surface area contributed by atoms with Gasteiger partial charge in [-0.15, -0.1) is 0 Å². The van der Waals surface area contributed by atoms with Crippen molar-refractivity contribution in [2.24, 2.45) is 11.8 Å². The highest BCUT2D eigenvalue weighted by Gasteiger charge is 2.46. The van der Waals surface area contributed by atoms with Crippen LogP contribution in [-0.4, -0.2) is 62.5 Å². The van der Waals surface area contributed by atoms with E-state index in [2.05, 4.69) is 9.88 Å². The summed E-state index contributed by atoms with van der Waals surface area (Å²) in [6, 6.07) is 18.8. The minimum Gasteiger partial charge on any atom is -0.497 e. The van der Waals surface area contributed by atoms with Gasteiger partial charge in [0.1, 0.15) is 11.4 Å². The van der Waals surface area contributed by atoms with Crippen LogP contribution in [0.1, 0.15) is 73.7 Å². The molecule has 1 amide bonds. The minimum atomic E-state index is -1.33. The molecule has 0 spiro atoms. The van der Waals surface area contributed by atoms with Gasteiger partial charge in [0.05, 0.1) is 44.5 Å². The Morgan fingerprint density at radius 1 is 1.04 bits per heavy atom. The van der Waals surface area contributed by atoms with Crippen LogP contribution >= 0.6 is 0 Å². The fourth-order valence-corrected chi connectivity index (χ4v) is 6.42. The number of benzene rings is 2. The molecule has 2 heterocycles. The lowest BCUT2D eigenvalue weighted by atomic mass is 9.92. The molecule has 8 nitrogen and oxygen atoms in total. The van der Waals surface area contributed by atoms with Crippen molar-refractivity contribution in [3.63, 3.8) is 0 Å². The average Bonchev–Trinajstić information content (AvgIpc) is 4.04. The maximum Gasteiger partial charge on any atom is 0.306 e. The van der Waals surface area contributed by atoms with Gasteiger partial charge in [-0.2, -0.15) is 0 Å². The summed E-state index contributed by atoms with van der Waals surface area (Å²) in [5.74, 6) is 1.84. The van der Waals surface area contributed by atoms with Crippen LogP contribution in [0.25, 0.3) is 0 Å². The van der Waals surface area contributed by atoms with Gasteiger partial charge in [0.25, 0.3) is 5.91 Å². The molecule has 9 heteroatoms. The van der Waals surface area contributed by atoms with Gasteiger partial charge in [-0.05, 0) is 99.1 Å². The van der Waals surface area contributed by atoms with Crippen molar-refractivity contribution >= 4 is 23.3 Å². The van der Waals surface area contributed by atoms with Crippen molar-refractivity contribution in [1.82, 2.24) is 4.98 Å². The normalized spacial score (nSPS) is 18.0. The number of esters is 1. The van der Waals surface area contributed by atoms with E-state index in [1.807, 2.05) is 55.5 Å². The van der Waals surface area contributed by atoms with Crippen LogP contribution in [0.5, 0.6) is 11.6 Å². The number of ether oxygens (including phenoxy) is 3. The van der Waals surface area contributed by atoms with Gasteiger partial charge in [-0.1, -0.05) is 18.2 Å². The summed E-state index contributed by atoms with van der Waals surface area (Å²) in [6.07, 6.45) is 7.12. The van der Waals surface area contributed by atoms with Crippen LogP contribution in [0.2, 0.25) is 0 Å². The number of piperidine rings is 1. The van der Waals surface area contributed by atoms with Crippen LogP contribution < -0.4 is 19.3 Å². The molecule has 244 valence electrons. The molecule has 2 aromatic carbocycles. The molecular weight excluding hydrogens is 585 g/mol. The van der Waals surface area contributed by atoms with Crippen LogP contribution in [0.15, 0.2) is 66.9 Å². The van der Waals surface area contributed by atoms with E-state index >= 15 is 4.39 Å². The number of methoxy groups -OCH3 is 1. The number of hydrogen-bond donors (Lipinski definition) is 0. The topological polar surface area (TPSA) is 81.2 Å². The number of aromatic nitrogens is 1. The van der Waals surface area contributed by atoms with E-state index in [-0.39, 0.29) is 24.3 Å². The fourth-order valence-electron chi connectivity index (χ4n) is 6.42. The monoisotopic (exact) mass is 629 g/mol. The summed E-state index contributed by atoms with van der Waals surface area (Å²) in [7, 11) is 1.62. The molecule has 0 N–H and O–H groups in total. The Hall–Kier alpha value is -4.14. The third kappa shape index (κ3) is 7.80. The van der Waals surface area contributed by atoms with E-state index in [0.717, 1.165) is 50.0 Å². The Labute approximate surface area is 270 Å². The maximum absolute atomic E-state index is 15.0. The number of rotatable bonds is 14. The molecule has 1 unspecified atom stereocenters. The maximum atomic E-state index is 15.0. The van der Waals surface area contributed by atoms with E-state index in [9.17, 15) is 9.59 Å². The number of hydrogen-bond acceptors (Lipinski definition) is 7. The van der Waals surface area contributed by atoms with E-state index in [4.69, 9.17) is 14.2 Å². The van der Waals surface area contributed by atoms with Crippen molar-refractivity contribution in [3.8, 4) is 11.6 Å². The van der Waals surface area contributed by atoms with E-state index < -0.39 is 5.67 Å². The highest BCUT2D eigenvalue weighted by atomic mass is 19.1. The summed E-state index contributed by atoms with van der Waals surface area (Å²) in [4.78, 5) is 34.6. The summed E-state index contributed by atoms with van der Waals surface area (Å²) >= 11 is 0. The first kappa shape index (κ1) is 31.8. The van der Waals surface area contributed by atoms with Crippen LogP contribution in [0.3, 0.4) is 0 Å². The van der Waals surface area contributed by atoms with Crippen LogP contribution in [0.4, 0.5) is 15.8 Å². The minimum absolute atomic E-state index is 0.0419. The number of halogens is 1. The molecule has 46 heavy (non-hydrogen) atoms.